The Morgan fingerprint density at radius 1 is 1.25 bits per heavy atom. The number of hydrogen-bond acceptors (Lipinski definition) is 4. The van der Waals surface area contributed by atoms with Gasteiger partial charge in [0, 0.05) is 13.2 Å². The van der Waals surface area contributed by atoms with Crippen molar-refractivity contribution in [2.45, 2.75) is 26.0 Å². The largest absolute Gasteiger partial charge is 0.361 e. The number of alkyl halides is 2. The third-order valence-corrected chi connectivity index (χ3v) is 3.24. The minimum atomic E-state index is -4.43. The highest BCUT2D eigenvalue weighted by atomic mass is 28.2. The number of rotatable bonds is 9. The number of amides is 1. The Labute approximate surface area is 137 Å². The summed E-state index contributed by atoms with van der Waals surface area (Å²) >= 11 is 0. The normalized spacial score (nSPS) is 11.8. The van der Waals surface area contributed by atoms with Crippen LogP contribution in [-0.4, -0.2) is 46.2 Å². The highest BCUT2D eigenvalue weighted by Crippen LogP contribution is 2.24. The van der Waals surface area contributed by atoms with Crippen molar-refractivity contribution in [1.82, 2.24) is 5.12 Å². The highest BCUT2D eigenvalue weighted by molar-refractivity contribution is 6.31. The van der Waals surface area contributed by atoms with Crippen LogP contribution in [0.2, 0.25) is 0 Å². The van der Waals surface area contributed by atoms with E-state index in [1.165, 1.54) is 0 Å². The van der Waals surface area contributed by atoms with E-state index in [1.54, 1.807) is 13.8 Å². The zero-order valence-electron chi connectivity index (χ0n) is 12.7. The van der Waals surface area contributed by atoms with Crippen LogP contribution in [0.15, 0.2) is 18.2 Å². The minimum Gasteiger partial charge on any atom is -0.361 e. The van der Waals surface area contributed by atoms with Crippen molar-refractivity contribution in [2.75, 3.05) is 13.2 Å². The van der Waals surface area contributed by atoms with Gasteiger partial charge in [0.2, 0.25) is 0 Å². The molecule has 0 saturated heterocycles. The lowest BCUT2D eigenvalue weighted by molar-refractivity contribution is -0.252. The Bertz CT molecular complexity index is 557. The van der Waals surface area contributed by atoms with Gasteiger partial charge in [0.1, 0.15) is 0 Å². The summed E-state index contributed by atoms with van der Waals surface area (Å²) in [5, 5.41) is -1.52. The molecule has 0 aliphatic rings. The maximum absolute atomic E-state index is 13.7. The molecule has 24 heavy (non-hydrogen) atoms. The smallest absolute Gasteiger partial charge is 0.359 e. The first kappa shape index (κ1) is 20.5. The second-order valence-corrected chi connectivity index (χ2v) is 5.19. The van der Waals surface area contributed by atoms with Gasteiger partial charge in [0.25, 0.3) is 12.4 Å². The second kappa shape index (κ2) is 9.06. The summed E-state index contributed by atoms with van der Waals surface area (Å²) in [5.74, 6) is -5.24. The molecular weight excluding hydrogens is 357 g/mol. The Kier molecular flexibility index (Phi) is 7.73. The number of ether oxygens (including phenoxy) is 2. The molecule has 0 bridgehead atoms. The molecule has 2 radical (unpaired) electrons. The van der Waals surface area contributed by atoms with Crippen molar-refractivity contribution in [3.63, 3.8) is 0 Å². The standard InChI is InChI=1S/C13H14F5NO4Si/c1-3-21-12(22-4-2)23-24-13(16,17)19(18)11(20)8-6-5-7-9(14)10(8)15/h5-7,12H,3-4H2,1-2H3. The van der Waals surface area contributed by atoms with E-state index in [2.05, 4.69) is 4.43 Å². The molecule has 1 amide bonds. The van der Waals surface area contributed by atoms with Gasteiger partial charge in [-0.05, 0) is 26.0 Å². The quantitative estimate of drug-likeness (QED) is 0.220. The molecule has 0 spiro atoms. The van der Waals surface area contributed by atoms with Crippen molar-refractivity contribution >= 4 is 15.7 Å². The Balaban J connectivity index is 2.81. The average Bonchev–Trinajstić information content (AvgIpc) is 2.54. The fourth-order valence-corrected chi connectivity index (χ4v) is 2.01. The van der Waals surface area contributed by atoms with E-state index in [0.29, 0.717) is 12.1 Å². The first-order valence-electron chi connectivity index (χ1n) is 6.72. The summed E-state index contributed by atoms with van der Waals surface area (Å²) in [4.78, 5) is 11.6. The van der Waals surface area contributed by atoms with Gasteiger partial charge in [-0.25, -0.2) is 8.78 Å². The van der Waals surface area contributed by atoms with E-state index in [4.69, 9.17) is 9.47 Å². The van der Waals surface area contributed by atoms with Crippen LogP contribution in [0.4, 0.5) is 22.0 Å². The molecule has 1 aromatic carbocycles. The molecular formula is C13H14F5NO4Si. The fourth-order valence-electron chi connectivity index (χ4n) is 1.45. The number of carbonyl (C=O) groups excluding carboxylic acids is 1. The zero-order chi connectivity index (χ0) is 18.3. The maximum atomic E-state index is 13.7. The number of carbonyl (C=O) groups is 1. The number of nitrogens with zero attached hydrogens (tertiary/aromatic N) is 1. The molecule has 1 rings (SSSR count). The molecule has 134 valence electrons. The molecule has 0 saturated carbocycles. The molecule has 0 N–H and O–H groups in total. The van der Waals surface area contributed by atoms with E-state index in [1.807, 2.05) is 0 Å². The maximum Gasteiger partial charge on any atom is 0.359 e. The molecule has 5 nitrogen and oxygen atoms in total. The van der Waals surface area contributed by atoms with Crippen LogP contribution in [-0.2, 0) is 13.9 Å². The number of benzene rings is 1. The number of halogens is 5. The molecule has 1 aromatic rings. The van der Waals surface area contributed by atoms with Crippen molar-refractivity contribution in [3.8, 4) is 0 Å². The van der Waals surface area contributed by atoms with Gasteiger partial charge in [-0.1, -0.05) is 10.5 Å². The molecule has 11 heteroatoms. The average molecular weight is 371 g/mol. The number of hydrogen-bond donors (Lipinski definition) is 0. The molecule has 0 fully saturated rings. The van der Waals surface area contributed by atoms with Crippen LogP contribution < -0.4 is 0 Å². The molecule has 0 atom stereocenters. The molecule has 0 unspecified atom stereocenters. The van der Waals surface area contributed by atoms with Crippen LogP contribution in [0.25, 0.3) is 0 Å². The predicted molar refractivity (Wildman–Crippen MR) is 72.5 cm³/mol. The van der Waals surface area contributed by atoms with Crippen molar-refractivity contribution in [3.05, 3.63) is 35.4 Å². The third-order valence-electron chi connectivity index (χ3n) is 2.49. The summed E-state index contributed by atoms with van der Waals surface area (Å²) < 4.78 is 81.8. The van der Waals surface area contributed by atoms with Gasteiger partial charge in [0.15, 0.2) is 11.6 Å². The minimum absolute atomic E-state index is 0.0769. The van der Waals surface area contributed by atoms with Crippen LogP contribution >= 0.6 is 0 Å². The van der Waals surface area contributed by atoms with E-state index in [9.17, 15) is 26.8 Å². The monoisotopic (exact) mass is 371 g/mol. The van der Waals surface area contributed by atoms with E-state index in [0.717, 1.165) is 6.07 Å². The van der Waals surface area contributed by atoms with Crippen LogP contribution in [0.5, 0.6) is 0 Å². The molecule has 0 aromatic heterocycles. The molecule has 0 heterocycles. The zero-order valence-corrected chi connectivity index (χ0v) is 13.7. The van der Waals surface area contributed by atoms with Gasteiger partial charge < -0.3 is 13.9 Å². The SMILES string of the molecule is CCOC(OCC)O[Si]C(F)(F)N(F)C(=O)c1cccc(F)c1F. The summed E-state index contributed by atoms with van der Waals surface area (Å²) in [6, 6.07) is 2.22. The van der Waals surface area contributed by atoms with Gasteiger partial charge in [-0.15, -0.1) is 5.12 Å². The highest BCUT2D eigenvalue weighted by Gasteiger charge is 2.46. The second-order valence-electron chi connectivity index (χ2n) is 4.15. The third kappa shape index (κ3) is 5.23. The Morgan fingerprint density at radius 3 is 2.38 bits per heavy atom. The Hall–Kier alpha value is -1.56. The van der Waals surface area contributed by atoms with Crippen molar-refractivity contribution in [2.24, 2.45) is 0 Å². The van der Waals surface area contributed by atoms with Crippen LogP contribution in [0.1, 0.15) is 24.2 Å². The predicted octanol–water partition coefficient (Wildman–Crippen LogP) is 2.83. The van der Waals surface area contributed by atoms with Gasteiger partial charge in [-0.2, -0.15) is 8.78 Å². The first-order chi connectivity index (χ1) is 11.2. The first-order valence-corrected chi connectivity index (χ1v) is 7.63. The molecule has 0 aliphatic carbocycles. The lowest BCUT2D eigenvalue weighted by atomic mass is 10.2. The molecule has 0 aliphatic heterocycles. The van der Waals surface area contributed by atoms with Gasteiger partial charge >= 0.3 is 15.4 Å². The summed E-state index contributed by atoms with van der Waals surface area (Å²) in [5.41, 5.74) is -5.60. The van der Waals surface area contributed by atoms with E-state index < -0.39 is 50.1 Å². The summed E-state index contributed by atoms with van der Waals surface area (Å²) in [6.07, 6.45) is 0. The van der Waals surface area contributed by atoms with Crippen molar-refractivity contribution < 1.29 is 40.7 Å². The van der Waals surface area contributed by atoms with Gasteiger partial charge in [0.05, 0.1) is 5.56 Å². The fraction of sp³-hybridized carbons (Fsp3) is 0.462. The van der Waals surface area contributed by atoms with Crippen LogP contribution in [0.3, 0.4) is 0 Å². The van der Waals surface area contributed by atoms with E-state index >= 15 is 0 Å². The van der Waals surface area contributed by atoms with Crippen LogP contribution in [0, 0.1) is 11.6 Å². The topological polar surface area (TPSA) is 48.0 Å². The van der Waals surface area contributed by atoms with Gasteiger partial charge in [-0.3, -0.25) is 4.79 Å². The summed E-state index contributed by atoms with van der Waals surface area (Å²) in [6.45, 7) is 1.78. The van der Waals surface area contributed by atoms with E-state index in [-0.39, 0.29) is 13.2 Å². The Morgan fingerprint density at radius 2 is 1.83 bits per heavy atom. The van der Waals surface area contributed by atoms with Crippen molar-refractivity contribution in [1.29, 1.82) is 0 Å². The lowest BCUT2D eigenvalue weighted by Crippen LogP contribution is -2.47. The lowest BCUT2D eigenvalue weighted by Gasteiger charge is -2.24. The summed E-state index contributed by atoms with van der Waals surface area (Å²) in [7, 11) is -1.90.